The van der Waals surface area contributed by atoms with Crippen molar-refractivity contribution in [2.75, 3.05) is 13.1 Å². The van der Waals surface area contributed by atoms with Gasteiger partial charge in [-0.25, -0.2) is 9.18 Å². The molecule has 1 amide bonds. The predicted molar refractivity (Wildman–Crippen MR) is 41.5 cm³/mol. The molecule has 1 aliphatic rings. The Kier molecular flexibility index (Phi) is 2.22. The van der Waals surface area contributed by atoms with E-state index in [2.05, 4.69) is 5.92 Å². The molecule has 1 aliphatic heterocycles. The Morgan fingerprint density at radius 1 is 1.58 bits per heavy atom. The summed E-state index contributed by atoms with van der Waals surface area (Å²) in [5.74, 6) is 2.05. The zero-order chi connectivity index (χ0) is 9.19. The van der Waals surface area contributed by atoms with Gasteiger partial charge in [0, 0.05) is 25.9 Å². The fourth-order valence-corrected chi connectivity index (χ4v) is 1.20. The lowest BCUT2D eigenvalue weighted by Crippen LogP contribution is -2.43. The van der Waals surface area contributed by atoms with Crippen molar-refractivity contribution in [2.45, 2.75) is 18.5 Å². The highest BCUT2D eigenvalue weighted by Crippen LogP contribution is 2.25. The molecule has 66 valence electrons. The normalized spacial score (nSPS) is 21.5. The molecule has 0 aromatic carbocycles. The molecule has 0 saturated carbocycles. The third-order valence-electron chi connectivity index (χ3n) is 2.09. The molecule has 0 aromatic rings. The number of halogens is 1. The molecule has 0 radical (unpaired) electrons. The number of terminal acetylenes is 1. The van der Waals surface area contributed by atoms with Crippen molar-refractivity contribution in [2.24, 2.45) is 0 Å². The van der Waals surface area contributed by atoms with Crippen LogP contribution in [-0.2, 0) is 0 Å². The van der Waals surface area contributed by atoms with Gasteiger partial charge in [0.25, 0.3) is 0 Å². The van der Waals surface area contributed by atoms with Crippen LogP contribution in [0.2, 0.25) is 0 Å². The van der Waals surface area contributed by atoms with Crippen LogP contribution >= 0.6 is 0 Å². The van der Waals surface area contributed by atoms with Gasteiger partial charge < -0.3 is 10.0 Å². The maximum atomic E-state index is 13.3. The summed E-state index contributed by atoms with van der Waals surface area (Å²) in [6.45, 7) is 0.381. The molecule has 4 heteroatoms. The van der Waals surface area contributed by atoms with E-state index in [0.29, 0.717) is 0 Å². The summed E-state index contributed by atoms with van der Waals surface area (Å²) < 4.78 is 13.3. The minimum absolute atomic E-state index is 0.107. The van der Waals surface area contributed by atoms with Gasteiger partial charge >= 0.3 is 6.09 Å². The van der Waals surface area contributed by atoms with Crippen LogP contribution in [0.25, 0.3) is 0 Å². The molecule has 0 aliphatic carbocycles. The third-order valence-corrected chi connectivity index (χ3v) is 2.09. The summed E-state index contributed by atoms with van der Waals surface area (Å²) in [7, 11) is 0. The van der Waals surface area contributed by atoms with Crippen molar-refractivity contribution in [3.63, 3.8) is 0 Å². The standard InChI is InChI=1S/C8H10FNO2/c1-2-8(9)3-5-10(6-4-8)7(11)12/h1H,3-6H2,(H,11,12). The minimum Gasteiger partial charge on any atom is -0.465 e. The summed E-state index contributed by atoms with van der Waals surface area (Å²) in [6.07, 6.45) is 4.18. The molecule has 0 aromatic heterocycles. The van der Waals surface area contributed by atoms with E-state index in [0.717, 1.165) is 0 Å². The van der Waals surface area contributed by atoms with Crippen molar-refractivity contribution >= 4 is 6.09 Å². The zero-order valence-corrected chi connectivity index (χ0v) is 6.59. The third kappa shape index (κ3) is 1.67. The van der Waals surface area contributed by atoms with Crippen LogP contribution in [0, 0.1) is 12.3 Å². The molecule has 0 atom stereocenters. The number of alkyl halides is 1. The second kappa shape index (κ2) is 3.02. The molecule has 1 rings (SSSR count). The van der Waals surface area contributed by atoms with Gasteiger partial charge in [-0.3, -0.25) is 0 Å². The molecular weight excluding hydrogens is 161 g/mol. The van der Waals surface area contributed by atoms with E-state index >= 15 is 0 Å². The van der Waals surface area contributed by atoms with Crippen molar-refractivity contribution in [1.82, 2.24) is 4.90 Å². The fourth-order valence-electron chi connectivity index (χ4n) is 1.20. The van der Waals surface area contributed by atoms with Crippen molar-refractivity contribution in [3.05, 3.63) is 0 Å². The number of carboxylic acid groups (broad SMARTS) is 1. The van der Waals surface area contributed by atoms with E-state index in [1.54, 1.807) is 0 Å². The van der Waals surface area contributed by atoms with Gasteiger partial charge in [-0.1, -0.05) is 5.92 Å². The van der Waals surface area contributed by atoms with E-state index in [1.807, 2.05) is 0 Å². The maximum absolute atomic E-state index is 13.3. The van der Waals surface area contributed by atoms with Crippen LogP contribution in [-0.4, -0.2) is 34.9 Å². The van der Waals surface area contributed by atoms with E-state index in [-0.39, 0.29) is 25.9 Å². The lowest BCUT2D eigenvalue weighted by molar-refractivity contribution is 0.0910. The predicted octanol–water partition coefficient (Wildman–Crippen LogP) is 1.10. The summed E-state index contributed by atoms with van der Waals surface area (Å²) in [5.41, 5.74) is -1.59. The first-order valence-corrected chi connectivity index (χ1v) is 3.72. The molecule has 0 bridgehead atoms. The Morgan fingerprint density at radius 3 is 2.42 bits per heavy atom. The topological polar surface area (TPSA) is 40.5 Å². The minimum atomic E-state index is -1.59. The number of hydrogen-bond donors (Lipinski definition) is 1. The van der Waals surface area contributed by atoms with E-state index in [4.69, 9.17) is 11.5 Å². The van der Waals surface area contributed by atoms with Gasteiger partial charge in [0.15, 0.2) is 5.67 Å². The summed E-state index contributed by atoms with van der Waals surface area (Å²) in [6, 6.07) is 0. The molecule has 1 saturated heterocycles. The van der Waals surface area contributed by atoms with E-state index < -0.39 is 11.8 Å². The lowest BCUT2D eigenvalue weighted by Gasteiger charge is -2.31. The molecule has 3 nitrogen and oxygen atoms in total. The van der Waals surface area contributed by atoms with Gasteiger partial charge in [0.2, 0.25) is 0 Å². The number of piperidine rings is 1. The van der Waals surface area contributed by atoms with Crippen molar-refractivity contribution in [1.29, 1.82) is 0 Å². The quantitative estimate of drug-likeness (QED) is 0.554. The first kappa shape index (κ1) is 8.85. The average molecular weight is 171 g/mol. The van der Waals surface area contributed by atoms with Gasteiger partial charge in [-0.05, 0) is 0 Å². The molecule has 0 spiro atoms. The number of likely N-dealkylation sites (tertiary alicyclic amines) is 1. The van der Waals surface area contributed by atoms with Crippen LogP contribution in [0.4, 0.5) is 9.18 Å². The Bertz CT molecular complexity index is 226. The zero-order valence-electron chi connectivity index (χ0n) is 6.59. The molecule has 1 fully saturated rings. The number of amides is 1. The summed E-state index contributed by atoms with van der Waals surface area (Å²) in [4.78, 5) is 11.6. The number of rotatable bonds is 0. The molecule has 1 N–H and O–H groups in total. The monoisotopic (exact) mass is 171 g/mol. The molecule has 0 unspecified atom stereocenters. The number of nitrogens with zero attached hydrogens (tertiary/aromatic N) is 1. The highest BCUT2D eigenvalue weighted by molar-refractivity contribution is 5.65. The van der Waals surface area contributed by atoms with E-state index in [1.165, 1.54) is 4.90 Å². The largest absolute Gasteiger partial charge is 0.465 e. The van der Waals surface area contributed by atoms with Crippen LogP contribution in [0.15, 0.2) is 0 Å². The fraction of sp³-hybridized carbons (Fsp3) is 0.625. The van der Waals surface area contributed by atoms with Crippen molar-refractivity contribution in [3.8, 4) is 12.3 Å². The second-order valence-electron chi connectivity index (χ2n) is 2.88. The van der Waals surface area contributed by atoms with Crippen LogP contribution in [0.5, 0.6) is 0 Å². The van der Waals surface area contributed by atoms with Crippen LogP contribution in [0.1, 0.15) is 12.8 Å². The summed E-state index contributed by atoms with van der Waals surface area (Å²) in [5, 5.41) is 8.53. The summed E-state index contributed by atoms with van der Waals surface area (Å²) >= 11 is 0. The Morgan fingerprint density at radius 2 is 2.08 bits per heavy atom. The van der Waals surface area contributed by atoms with Crippen LogP contribution in [0.3, 0.4) is 0 Å². The van der Waals surface area contributed by atoms with Crippen LogP contribution < -0.4 is 0 Å². The van der Waals surface area contributed by atoms with Gasteiger partial charge in [-0.15, -0.1) is 6.42 Å². The Balaban J connectivity index is 2.51. The smallest absolute Gasteiger partial charge is 0.407 e. The SMILES string of the molecule is C#CC1(F)CCN(C(=O)O)CC1. The highest BCUT2D eigenvalue weighted by atomic mass is 19.1. The first-order valence-electron chi connectivity index (χ1n) is 3.72. The number of carbonyl (C=O) groups is 1. The number of hydrogen-bond acceptors (Lipinski definition) is 1. The van der Waals surface area contributed by atoms with Gasteiger partial charge in [-0.2, -0.15) is 0 Å². The maximum Gasteiger partial charge on any atom is 0.407 e. The second-order valence-corrected chi connectivity index (χ2v) is 2.88. The van der Waals surface area contributed by atoms with Crippen molar-refractivity contribution < 1.29 is 14.3 Å². The molecule has 12 heavy (non-hydrogen) atoms. The Hall–Kier alpha value is -1.24. The molecular formula is C8H10FNO2. The highest BCUT2D eigenvalue weighted by Gasteiger charge is 2.33. The van der Waals surface area contributed by atoms with E-state index in [9.17, 15) is 9.18 Å². The molecule has 1 heterocycles. The Labute approximate surface area is 70.2 Å². The average Bonchev–Trinajstić information content (AvgIpc) is 2.05. The lowest BCUT2D eigenvalue weighted by atomic mass is 9.95. The first-order chi connectivity index (χ1) is 5.57. The van der Waals surface area contributed by atoms with Gasteiger partial charge in [0.1, 0.15) is 0 Å². The van der Waals surface area contributed by atoms with Gasteiger partial charge in [0.05, 0.1) is 0 Å².